The van der Waals surface area contributed by atoms with E-state index in [0.29, 0.717) is 24.9 Å². The molecule has 0 spiro atoms. The third-order valence-corrected chi connectivity index (χ3v) is 21.3. The SMILES string of the molecule is O.O=C([O-])CN(CCN(CC(=O)[O-])CC(=O)NCCN(C(=O)CO/N=C\C(O)[C@H](O)[C@@H](OC1OC(CO)C(O)C(O)C1O)C(O)CO)C(=O)CO/N=C/C(O)[C@H](O)[C@H](OC1OC(CO)C(O)C(O)C1O)C(O)CO)CCN(CC(=O)[O-])CC(=O)NCCN(C(=O)CO/N=C/C(O)[C@@H](O)[C@H](OC1OC(CO)C(O)C(O)C1O)C(O)CO)C(=O)CO/N=C/C(O)[C@H](O)[C@H](OC1OC(CO)C(O)C(O)C1O)C(O)CO.[Gd+3]. The number of amides is 6. The summed E-state index contributed by atoms with van der Waals surface area (Å²) < 4.78 is 42.0. The van der Waals surface area contributed by atoms with E-state index in [9.17, 15) is 222 Å². The molecule has 69 heteroatoms. The number of aliphatic hydroxyl groups is 32. The van der Waals surface area contributed by atoms with Crippen LogP contribution in [-0.2, 0) is 100 Å². The van der Waals surface area contributed by atoms with E-state index < -0.39 is 438 Å². The maximum atomic E-state index is 13.7. The molecule has 143 heavy (non-hydrogen) atoms. The van der Waals surface area contributed by atoms with E-state index in [1.807, 2.05) is 0 Å². The molecular weight excluding hydrogens is 2110 g/mol. The normalized spacial score (nSPS) is 28.3. The van der Waals surface area contributed by atoms with Crippen molar-refractivity contribution in [2.45, 2.75) is 220 Å². The predicted molar refractivity (Wildman–Crippen MR) is 440 cm³/mol. The van der Waals surface area contributed by atoms with E-state index in [4.69, 9.17) is 57.2 Å². The fourth-order valence-corrected chi connectivity index (χ4v) is 13.3. The Morgan fingerprint density at radius 2 is 0.510 bits per heavy atom. The molecule has 0 aromatic heterocycles. The van der Waals surface area contributed by atoms with Gasteiger partial charge in [-0.05, 0) is 0 Å². The van der Waals surface area contributed by atoms with Gasteiger partial charge in [0.25, 0.3) is 23.6 Å². The quantitative estimate of drug-likeness (QED) is 0.0199. The number of hydrogen-bond acceptors (Lipinski definition) is 63. The number of oxime groups is 4. The summed E-state index contributed by atoms with van der Waals surface area (Å²) in [6.07, 6.45) is -73.9. The first kappa shape index (κ1) is 132. The van der Waals surface area contributed by atoms with Crippen molar-refractivity contribution >= 4 is 78.2 Å². The molecule has 28 unspecified atom stereocenters. The second-order valence-electron chi connectivity index (χ2n) is 31.6. The number of ether oxygens (including phenoxy) is 8. The Kier molecular flexibility index (Phi) is 62.1. The van der Waals surface area contributed by atoms with Crippen LogP contribution in [0.3, 0.4) is 0 Å². The summed E-state index contributed by atoms with van der Waals surface area (Å²) in [7, 11) is 0. The minimum absolute atomic E-state index is 0. The molecule has 4 heterocycles. The topological polar surface area (TPSA) is 1100 Å². The van der Waals surface area contributed by atoms with Gasteiger partial charge in [-0.15, -0.1) is 0 Å². The number of rotatable bonds is 66. The first-order chi connectivity index (χ1) is 66.5. The molecular formula is C74H126GdN11O57. The Morgan fingerprint density at radius 1 is 0.308 bits per heavy atom. The molecule has 6 amide bonds. The van der Waals surface area contributed by atoms with Crippen molar-refractivity contribution < 1.29 is 325 Å². The van der Waals surface area contributed by atoms with E-state index in [-0.39, 0.29) is 55.2 Å². The molecule has 36 N–H and O–H groups in total. The minimum atomic E-state index is -2.39. The molecule has 4 fully saturated rings. The third-order valence-electron chi connectivity index (χ3n) is 21.3. The Bertz CT molecular complexity index is 3450. The van der Waals surface area contributed by atoms with Crippen LogP contribution < -0.4 is 26.0 Å². The molecule has 4 saturated heterocycles. The van der Waals surface area contributed by atoms with Crippen molar-refractivity contribution in [3.63, 3.8) is 0 Å². The average molecular weight is 2240 g/mol. The number of carboxylic acids is 3. The van der Waals surface area contributed by atoms with E-state index in [1.165, 1.54) is 0 Å². The first-order valence-electron chi connectivity index (χ1n) is 42.6. The predicted octanol–water partition coefficient (Wildman–Crippen LogP) is -31.7. The molecule has 4 rings (SSSR count). The Morgan fingerprint density at radius 3 is 0.706 bits per heavy atom. The molecule has 0 aromatic rings. The zero-order chi connectivity index (χ0) is 106. The number of carbonyl (C=O) groups excluding carboxylic acids is 9. The molecule has 0 aliphatic carbocycles. The minimum Gasteiger partial charge on any atom is -0.549 e. The zero-order valence-electron chi connectivity index (χ0n) is 75.3. The number of hydrogen-bond donors (Lipinski definition) is 34. The van der Waals surface area contributed by atoms with Crippen LogP contribution in [0.4, 0.5) is 0 Å². The molecule has 0 aromatic carbocycles. The van der Waals surface area contributed by atoms with Crippen molar-refractivity contribution in [2.24, 2.45) is 20.6 Å². The van der Waals surface area contributed by atoms with Crippen molar-refractivity contribution in [2.75, 3.05) is 164 Å². The molecule has 1 radical (unpaired) electrons. The smallest absolute Gasteiger partial charge is 0.549 e. The van der Waals surface area contributed by atoms with Gasteiger partial charge >= 0.3 is 39.9 Å². The van der Waals surface area contributed by atoms with Crippen LogP contribution in [0.5, 0.6) is 0 Å². The van der Waals surface area contributed by atoms with Crippen molar-refractivity contribution in [1.82, 2.24) is 35.1 Å². The number of aliphatic hydroxyl groups excluding tert-OH is 32. The molecule has 36 atom stereocenters. The van der Waals surface area contributed by atoms with Gasteiger partial charge in [-0.25, -0.2) is 0 Å². The number of aliphatic carboxylic acids is 3. The van der Waals surface area contributed by atoms with Gasteiger partial charge in [-0.3, -0.25) is 53.3 Å². The van der Waals surface area contributed by atoms with Crippen molar-refractivity contribution in [3.05, 3.63) is 0 Å². The molecule has 827 valence electrons. The summed E-state index contributed by atoms with van der Waals surface area (Å²) in [5, 5.41) is 383. The van der Waals surface area contributed by atoms with Crippen molar-refractivity contribution in [3.8, 4) is 0 Å². The van der Waals surface area contributed by atoms with E-state index in [0.717, 1.165) is 14.7 Å². The van der Waals surface area contributed by atoms with Gasteiger partial charge in [0.2, 0.25) is 11.8 Å². The van der Waals surface area contributed by atoms with Crippen LogP contribution in [0.2, 0.25) is 0 Å². The molecule has 0 saturated carbocycles. The van der Waals surface area contributed by atoms with Crippen LogP contribution in [0.15, 0.2) is 20.6 Å². The van der Waals surface area contributed by atoms with Gasteiger partial charge in [-0.1, -0.05) is 20.6 Å². The summed E-state index contributed by atoms with van der Waals surface area (Å²) in [5.74, 6) is -13.5. The van der Waals surface area contributed by atoms with Crippen LogP contribution in [-0.4, -0.2) is 656 Å². The fourth-order valence-electron chi connectivity index (χ4n) is 13.3. The Labute approximate surface area is 839 Å². The monoisotopic (exact) mass is 2240 g/mol. The standard InChI is InChI=1S/C74H127N11O56.Gd.H2O/c86-18-34(98)67(138-71-63(126)59(122)55(118)38(22-90)134-71)51(114)30(94)9-77-130-26-44(104)84(45(105)27-131-78-10-31(95)52(115)68(35(99)19-87)139-72-64(127)60(123)56(119)39(23-91)135-72)3-1-75-42(102)13-82(16-49(110)111)7-5-81(15-48(108)109)6-8-83(17-50(112)113)14-43(103)76-2-4-85(46(106)28-132-79-11-32(96)53(116)69(36(100)20-88)140-73-65(128)61(124)57(120)40(24-92)136-73)47(107)29-133-80-12-33(97)54(117)70(37(101)21-89)141-74-66(129)62(125)58(121)41(25-93)137-74;;/h9-12,30-41,51-74,86-101,114-129H,1-8,13-29H2,(H,75,102)(H,76,103)(H,108,109)(H,110,111)(H,112,113);;1H2/q;+3;/p-3/b77-9-,78-10+,79-11+,80-12+;;/t30?,31?,32?,33?,34?,35?,36?,37?,38?,39?,40?,41?,51-,52-,53-,54+,55?,56?,57?,58?,59?,60?,61?,62?,63?,64?,65?,66?,67-,68+,69+,70+,71?,72?,73?,74?;;/m0../s1. The van der Waals surface area contributed by atoms with Crippen LogP contribution in [0, 0.1) is 39.9 Å². The summed E-state index contributed by atoms with van der Waals surface area (Å²) in [6, 6.07) is 0. The summed E-state index contributed by atoms with van der Waals surface area (Å²) in [6.45, 7) is -25.0. The second kappa shape index (κ2) is 67.2. The van der Waals surface area contributed by atoms with E-state index >= 15 is 0 Å². The number of carbonyl (C=O) groups is 9. The van der Waals surface area contributed by atoms with Gasteiger partial charge in [0.15, 0.2) is 51.6 Å². The summed E-state index contributed by atoms with van der Waals surface area (Å²) in [5.41, 5.74) is 0. The largest absolute Gasteiger partial charge is 3.00 e. The maximum absolute atomic E-state index is 13.7. The number of carboxylic acid groups (broad SMARTS) is 3. The average Bonchev–Trinajstić information content (AvgIpc) is 0.814. The number of imide groups is 2. The number of nitrogens with one attached hydrogen (secondary N) is 2. The molecule has 68 nitrogen and oxygen atoms in total. The summed E-state index contributed by atoms with van der Waals surface area (Å²) >= 11 is 0. The van der Waals surface area contributed by atoms with Crippen molar-refractivity contribution in [1.29, 1.82) is 0 Å². The Balaban J connectivity index is 0.0000346. The zero-order valence-corrected chi connectivity index (χ0v) is 77.5. The van der Waals surface area contributed by atoms with Gasteiger partial charge in [-0.2, -0.15) is 0 Å². The first-order valence-corrected chi connectivity index (χ1v) is 42.6. The summed E-state index contributed by atoms with van der Waals surface area (Å²) in [4.78, 5) is 141. The van der Waals surface area contributed by atoms with Gasteiger partial charge in [0.05, 0.1) is 109 Å². The van der Waals surface area contributed by atoms with Crippen LogP contribution in [0.25, 0.3) is 0 Å². The molecule has 4 aliphatic rings. The van der Waals surface area contributed by atoms with Gasteiger partial charge in [0, 0.05) is 72.0 Å². The van der Waals surface area contributed by atoms with E-state index in [2.05, 4.69) is 31.3 Å². The van der Waals surface area contributed by atoms with Crippen LogP contribution in [0.1, 0.15) is 0 Å². The molecule has 4 aliphatic heterocycles. The maximum Gasteiger partial charge on any atom is 3.00 e. The third kappa shape index (κ3) is 41.9. The molecule has 0 bridgehead atoms. The van der Waals surface area contributed by atoms with Gasteiger partial charge in [0.1, 0.15) is 195 Å². The van der Waals surface area contributed by atoms with E-state index in [1.54, 1.807) is 0 Å². The number of nitrogens with zero attached hydrogens (tertiary/aromatic N) is 9. The fraction of sp³-hybridized carbons (Fsp3) is 0.824. The van der Waals surface area contributed by atoms with Gasteiger partial charge < -0.3 is 266 Å². The Hall–Kier alpha value is -6.93. The van der Waals surface area contributed by atoms with Crippen LogP contribution >= 0.6 is 0 Å². The second-order valence-corrected chi connectivity index (χ2v) is 31.6.